The van der Waals surface area contributed by atoms with Crippen molar-refractivity contribution in [3.05, 3.63) is 0 Å². The van der Waals surface area contributed by atoms with E-state index < -0.39 is 18.0 Å². The third-order valence-corrected chi connectivity index (χ3v) is 2.88. The molecule has 1 fully saturated rings. The maximum absolute atomic E-state index is 11.4. The topological polar surface area (TPSA) is 108 Å². The number of carbonyl (C=O) groups excluding carboxylic acids is 1. The van der Waals surface area contributed by atoms with Gasteiger partial charge in [-0.1, -0.05) is 0 Å². The summed E-state index contributed by atoms with van der Waals surface area (Å²) in [5, 5.41) is 22.4. The molecule has 2 atom stereocenters. The zero-order chi connectivity index (χ0) is 13.4. The molecule has 1 unspecified atom stereocenters. The molecule has 0 aromatic heterocycles. The van der Waals surface area contributed by atoms with E-state index in [1.54, 1.807) is 0 Å². The predicted octanol–water partition coefficient (Wildman–Crippen LogP) is -0.452. The van der Waals surface area contributed by atoms with Crippen molar-refractivity contribution in [2.75, 3.05) is 26.4 Å². The van der Waals surface area contributed by atoms with E-state index in [-0.39, 0.29) is 13.0 Å². The van der Waals surface area contributed by atoms with Crippen LogP contribution in [0, 0.1) is 5.92 Å². The number of aliphatic carboxylic acids is 1. The van der Waals surface area contributed by atoms with Gasteiger partial charge in [-0.2, -0.15) is 0 Å². The predicted molar refractivity (Wildman–Crippen MR) is 63.2 cm³/mol. The molecule has 104 valence electrons. The molecule has 0 aromatic rings. The van der Waals surface area contributed by atoms with E-state index in [1.165, 1.54) is 0 Å². The Bertz CT molecular complexity index is 279. The molecule has 0 aliphatic carbocycles. The third kappa shape index (κ3) is 5.33. The van der Waals surface area contributed by atoms with Gasteiger partial charge in [-0.3, -0.25) is 0 Å². The second-order valence-electron chi connectivity index (χ2n) is 4.32. The third-order valence-electron chi connectivity index (χ3n) is 2.88. The van der Waals surface area contributed by atoms with Gasteiger partial charge in [-0.05, 0) is 18.8 Å². The van der Waals surface area contributed by atoms with Gasteiger partial charge in [0, 0.05) is 32.8 Å². The number of carboxylic acids is 1. The fourth-order valence-electron chi connectivity index (χ4n) is 1.80. The molecule has 0 aromatic carbocycles. The molecule has 7 heteroatoms. The molecule has 1 aliphatic heterocycles. The first-order chi connectivity index (χ1) is 8.63. The molecule has 1 aliphatic rings. The molecule has 7 nitrogen and oxygen atoms in total. The van der Waals surface area contributed by atoms with Crippen molar-refractivity contribution >= 4 is 12.0 Å². The maximum Gasteiger partial charge on any atom is 0.326 e. The van der Waals surface area contributed by atoms with E-state index in [0.29, 0.717) is 12.5 Å². The number of urea groups is 1. The standard InChI is InChI=1S/C11H20N2O5/c14-5-2-9(10(15)16)13-11(17)12-4-1-8-3-6-18-7-8/h8-9,14H,1-7H2,(H,15,16)(H2,12,13,17)/t8?,9-/m1/s1. The second kappa shape index (κ2) is 7.88. The molecular formula is C11H20N2O5. The Morgan fingerprint density at radius 1 is 1.44 bits per heavy atom. The van der Waals surface area contributed by atoms with Crippen molar-refractivity contribution in [1.82, 2.24) is 10.6 Å². The lowest BCUT2D eigenvalue weighted by atomic mass is 10.1. The Kier molecular flexibility index (Phi) is 6.45. The number of amides is 2. The lowest BCUT2D eigenvalue weighted by Crippen LogP contribution is -2.46. The average Bonchev–Trinajstić information content (AvgIpc) is 2.81. The van der Waals surface area contributed by atoms with Crippen LogP contribution in [-0.2, 0) is 9.53 Å². The van der Waals surface area contributed by atoms with E-state index in [1.807, 2.05) is 0 Å². The summed E-state index contributed by atoms with van der Waals surface area (Å²) >= 11 is 0. The van der Waals surface area contributed by atoms with Gasteiger partial charge in [0.25, 0.3) is 0 Å². The minimum atomic E-state index is -1.15. The van der Waals surface area contributed by atoms with E-state index in [2.05, 4.69) is 10.6 Å². The van der Waals surface area contributed by atoms with Gasteiger partial charge >= 0.3 is 12.0 Å². The molecule has 4 N–H and O–H groups in total. The smallest absolute Gasteiger partial charge is 0.326 e. The quantitative estimate of drug-likeness (QED) is 0.496. The Labute approximate surface area is 106 Å². The SMILES string of the molecule is O=C(NCCC1CCOC1)N[C@H](CCO)C(=O)O. The number of ether oxygens (including phenoxy) is 1. The van der Waals surface area contributed by atoms with Gasteiger partial charge in [0.1, 0.15) is 6.04 Å². The normalized spacial score (nSPS) is 20.4. The molecule has 0 bridgehead atoms. The Hall–Kier alpha value is -1.34. The molecule has 0 saturated carbocycles. The summed E-state index contributed by atoms with van der Waals surface area (Å²) in [5.74, 6) is -0.679. The maximum atomic E-state index is 11.4. The van der Waals surface area contributed by atoms with Crippen molar-refractivity contribution in [3.8, 4) is 0 Å². The van der Waals surface area contributed by atoms with Gasteiger partial charge in [0.15, 0.2) is 0 Å². The molecule has 0 spiro atoms. The van der Waals surface area contributed by atoms with Crippen LogP contribution < -0.4 is 10.6 Å². The van der Waals surface area contributed by atoms with Gasteiger partial charge in [0.05, 0.1) is 0 Å². The summed E-state index contributed by atoms with van der Waals surface area (Å²) in [7, 11) is 0. The molecule has 18 heavy (non-hydrogen) atoms. The number of hydrogen-bond acceptors (Lipinski definition) is 4. The van der Waals surface area contributed by atoms with Crippen LogP contribution in [0.2, 0.25) is 0 Å². The van der Waals surface area contributed by atoms with Crippen LogP contribution in [0.15, 0.2) is 0 Å². The number of carboxylic acid groups (broad SMARTS) is 1. The summed E-state index contributed by atoms with van der Waals surface area (Å²) in [6.45, 7) is 1.71. The number of aliphatic hydroxyl groups is 1. The number of aliphatic hydroxyl groups excluding tert-OH is 1. The van der Waals surface area contributed by atoms with Crippen LogP contribution in [0.1, 0.15) is 19.3 Å². The molecule has 2 amide bonds. The highest BCUT2D eigenvalue weighted by molar-refractivity contribution is 5.82. The van der Waals surface area contributed by atoms with Crippen molar-refractivity contribution in [1.29, 1.82) is 0 Å². The highest BCUT2D eigenvalue weighted by Gasteiger charge is 2.19. The Morgan fingerprint density at radius 2 is 2.22 bits per heavy atom. The minimum Gasteiger partial charge on any atom is -0.480 e. The van der Waals surface area contributed by atoms with Gasteiger partial charge in [-0.25, -0.2) is 9.59 Å². The van der Waals surface area contributed by atoms with Crippen molar-refractivity contribution in [2.45, 2.75) is 25.3 Å². The van der Waals surface area contributed by atoms with E-state index in [9.17, 15) is 9.59 Å². The fraction of sp³-hybridized carbons (Fsp3) is 0.818. The summed E-state index contributed by atoms with van der Waals surface area (Å²) < 4.78 is 5.21. The number of carbonyl (C=O) groups is 2. The molecule has 1 saturated heterocycles. The second-order valence-corrected chi connectivity index (χ2v) is 4.32. The van der Waals surface area contributed by atoms with Crippen LogP contribution in [0.5, 0.6) is 0 Å². The van der Waals surface area contributed by atoms with Crippen LogP contribution >= 0.6 is 0 Å². The van der Waals surface area contributed by atoms with Crippen molar-refractivity contribution < 1.29 is 24.5 Å². The highest BCUT2D eigenvalue weighted by atomic mass is 16.5. The fourth-order valence-corrected chi connectivity index (χ4v) is 1.80. The zero-order valence-electron chi connectivity index (χ0n) is 10.2. The molecule has 1 heterocycles. The summed E-state index contributed by atoms with van der Waals surface area (Å²) in [5.41, 5.74) is 0. The molecular weight excluding hydrogens is 240 g/mol. The van der Waals surface area contributed by atoms with E-state index in [4.69, 9.17) is 14.9 Å². The van der Waals surface area contributed by atoms with Crippen LogP contribution in [0.4, 0.5) is 4.79 Å². The van der Waals surface area contributed by atoms with Gasteiger partial charge < -0.3 is 25.6 Å². The summed E-state index contributed by atoms with van der Waals surface area (Å²) in [6.07, 6.45) is 1.83. The zero-order valence-corrected chi connectivity index (χ0v) is 10.2. The number of nitrogens with one attached hydrogen (secondary N) is 2. The highest BCUT2D eigenvalue weighted by Crippen LogP contribution is 2.14. The van der Waals surface area contributed by atoms with Crippen molar-refractivity contribution in [2.24, 2.45) is 5.92 Å². The largest absolute Gasteiger partial charge is 0.480 e. The molecule has 1 rings (SSSR count). The first-order valence-corrected chi connectivity index (χ1v) is 6.09. The Balaban J connectivity index is 2.16. The van der Waals surface area contributed by atoms with E-state index in [0.717, 1.165) is 26.1 Å². The monoisotopic (exact) mass is 260 g/mol. The van der Waals surface area contributed by atoms with Crippen molar-refractivity contribution in [3.63, 3.8) is 0 Å². The van der Waals surface area contributed by atoms with E-state index >= 15 is 0 Å². The number of hydrogen-bond donors (Lipinski definition) is 4. The average molecular weight is 260 g/mol. The lowest BCUT2D eigenvalue weighted by molar-refractivity contribution is -0.139. The van der Waals surface area contributed by atoms with Gasteiger partial charge in [0.2, 0.25) is 0 Å². The minimum absolute atomic E-state index is 0.000775. The first-order valence-electron chi connectivity index (χ1n) is 6.09. The van der Waals surface area contributed by atoms with Crippen LogP contribution in [0.25, 0.3) is 0 Å². The molecule has 0 radical (unpaired) electrons. The van der Waals surface area contributed by atoms with Crippen LogP contribution in [-0.4, -0.2) is 54.6 Å². The summed E-state index contributed by atoms with van der Waals surface area (Å²) in [6, 6.07) is -1.57. The van der Waals surface area contributed by atoms with Crippen LogP contribution in [0.3, 0.4) is 0 Å². The van der Waals surface area contributed by atoms with Gasteiger partial charge in [-0.15, -0.1) is 0 Å². The first kappa shape index (κ1) is 14.7. The number of rotatable bonds is 7. The lowest BCUT2D eigenvalue weighted by Gasteiger charge is -2.14. The Morgan fingerprint density at radius 3 is 2.78 bits per heavy atom. The summed E-state index contributed by atoms with van der Waals surface area (Å²) in [4.78, 5) is 22.1.